The molecule has 4 nitrogen and oxygen atoms in total. The number of rotatable bonds is 5. The van der Waals surface area contributed by atoms with Crippen molar-refractivity contribution >= 4 is 22.6 Å². The second-order valence-corrected chi connectivity index (χ2v) is 7.04. The summed E-state index contributed by atoms with van der Waals surface area (Å²) < 4.78 is 78.1. The minimum Gasteiger partial charge on any atom is -0.480 e. The SMILES string of the molecule is O=C(N[C@H](Cc1ccc2ccccc2c1)C(=O)O)c1cc(C(F)(F)F)cc(C(F)(F)F)c1. The molecule has 0 aromatic heterocycles. The fourth-order valence-corrected chi connectivity index (χ4v) is 3.13. The quantitative estimate of drug-likeness (QED) is 0.513. The molecule has 2 N–H and O–H groups in total. The fourth-order valence-electron chi connectivity index (χ4n) is 3.13. The van der Waals surface area contributed by atoms with E-state index in [0.29, 0.717) is 5.56 Å². The maximum Gasteiger partial charge on any atom is 0.416 e. The van der Waals surface area contributed by atoms with Gasteiger partial charge in [0.15, 0.2) is 0 Å². The van der Waals surface area contributed by atoms with Crippen molar-refractivity contribution in [1.82, 2.24) is 5.32 Å². The van der Waals surface area contributed by atoms with Crippen LogP contribution in [-0.2, 0) is 23.6 Å². The maximum absolute atomic E-state index is 13.0. The molecule has 0 aliphatic rings. The van der Waals surface area contributed by atoms with Gasteiger partial charge in [-0.25, -0.2) is 4.79 Å². The maximum atomic E-state index is 13.0. The summed E-state index contributed by atoms with van der Waals surface area (Å²) in [6.45, 7) is 0. The van der Waals surface area contributed by atoms with Gasteiger partial charge >= 0.3 is 18.3 Å². The second kappa shape index (κ2) is 8.52. The topological polar surface area (TPSA) is 66.4 Å². The van der Waals surface area contributed by atoms with Crippen LogP contribution < -0.4 is 5.32 Å². The first-order chi connectivity index (χ1) is 14.8. The molecule has 1 atom stereocenters. The van der Waals surface area contributed by atoms with Gasteiger partial charge in [-0.3, -0.25) is 4.79 Å². The van der Waals surface area contributed by atoms with E-state index in [-0.39, 0.29) is 24.6 Å². The van der Waals surface area contributed by atoms with Crippen molar-refractivity contribution in [1.29, 1.82) is 0 Å². The number of carbonyl (C=O) groups excluding carboxylic acids is 1. The van der Waals surface area contributed by atoms with Gasteiger partial charge in [0.25, 0.3) is 5.91 Å². The van der Waals surface area contributed by atoms with Gasteiger partial charge in [0.1, 0.15) is 6.04 Å². The molecule has 0 saturated carbocycles. The zero-order valence-electron chi connectivity index (χ0n) is 16.1. The molecule has 3 aromatic carbocycles. The summed E-state index contributed by atoms with van der Waals surface area (Å²) in [5.74, 6) is -2.86. The van der Waals surface area contributed by atoms with Crippen LogP contribution in [0.4, 0.5) is 26.3 Å². The van der Waals surface area contributed by atoms with Crippen molar-refractivity contribution in [3.63, 3.8) is 0 Å². The lowest BCUT2D eigenvalue weighted by Gasteiger charge is -2.17. The van der Waals surface area contributed by atoms with Crippen LogP contribution in [-0.4, -0.2) is 23.0 Å². The summed E-state index contributed by atoms with van der Waals surface area (Å²) in [4.78, 5) is 24.0. The van der Waals surface area contributed by atoms with E-state index in [1.54, 1.807) is 30.3 Å². The summed E-state index contributed by atoms with van der Waals surface area (Å²) in [5, 5.41) is 13.1. The average molecular weight is 455 g/mol. The van der Waals surface area contributed by atoms with Gasteiger partial charge < -0.3 is 10.4 Å². The third kappa shape index (κ3) is 5.37. The number of aliphatic carboxylic acids is 1. The van der Waals surface area contributed by atoms with Crippen LogP contribution >= 0.6 is 0 Å². The molecule has 0 spiro atoms. The molecule has 10 heteroatoms. The molecule has 0 heterocycles. The predicted octanol–water partition coefficient (Wildman–Crippen LogP) is 5.30. The number of amides is 1. The Morgan fingerprint density at radius 3 is 1.91 bits per heavy atom. The summed E-state index contributed by atoms with van der Waals surface area (Å²) in [6, 6.07) is 11.1. The highest BCUT2D eigenvalue weighted by Crippen LogP contribution is 2.36. The van der Waals surface area contributed by atoms with Crippen molar-refractivity contribution in [3.05, 3.63) is 82.9 Å². The van der Waals surface area contributed by atoms with Gasteiger partial charge in [0.05, 0.1) is 11.1 Å². The van der Waals surface area contributed by atoms with Gasteiger partial charge in [-0.2, -0.15) is 26.3 Å². The second-order valence-electron chi connectivity index (χ2n) is 7.04. The summed E-state index contributed by atoms with van der Waals surface area (Å²) in [7, 11) is 0. The molecule has 0 aliphatic carbocycles. The minimum absolute atomic E-state index is 0.111. The molecular weight excluding hydrogens is 440 g/mol. The first-order valence-corrected chi connectivity index (χ1v) is 9.15. The number of alkyl halides is 6. The Kier molecular flexibility index (Phi) is 6.16. The van der Waals surface area contributed by atoms with Crippen LogP contribution in [0.1, 0.15) is 27.0 Å². The first kappa shape index (κ1) is 23.1. The van der Waals surface area contributed by atoms with Crippen molar-refractivity contribution in [2.75, 3.05) is 0 Å². The Balaban J connectivity index is 1.89. The molecule has 0 fully saturated rings. The number of halogens is 6. The van der Waals surface area contributed by atoms with E-state index in [0.717, 1.165) is 10.8 Å². The van der Waals surface area contributed by atoms with E-state index in [1.807, 2.05) is 17.4 Å². The Labute approximate surface area is 177 Å². The van der Waals surface area contributed by atoms with E-state index < -0.39 is 47.0 Å². The number of fused-ring (bicyclic) bond motifs is 1. The van der Waals surface area contributed by atoms with Crippen molar-refractivity contribution in [2.24, 2.45) is 0 Å². The first-order valence-electron chi connectivity index (χ1n) is 9.15. The number of carboxylic acid groups (broad SMARTS) is 1. The molecule has 32 heavy (non-hydrogen) atoms. The lowest BCUT2D eigenvalue weighted by Crippen LogP contribution is -2.42. The third-order valence-electron chi connectivity index (χ3n) is 4.71. The zero-order chi connectivity index (χ0) is 23.7. The van der Waals surface area contributed by atoms with Crippen molar-refractivity contribution in [2.45, 2.75) is 24.8 Å². The number of nitrogens with one attached hydrogen (secondary N) is 1. The number of carbonyl (C=O) groups is 2. The Morgan fingerprint density at radius 1 is 0.812 bits per heavy atom. The number of hydrogen-bond acceptors (Lipinski definition) is 2. The lowest BCUT2D eigenvalue weighted by molar-refractivity contribution is -0.143. The number of carboxylic acids is 1. The minimum atomic E-state index is -5.13. The molecular formula is C22H15F6NO3. The third-order valence-corrected chi connectivity index (χ3v) is 4.71. The van der Waals surface area contributed by atoms with E-state index >= 15 is 0 Å². The number of hydrogen-bond donors (Lipinski definition) is 2. The van der Waals surface area contributed by atoms with Gasteiger partial charge in [0, 0.05) is 12.0 Å². The van der Waals surface area contributed by atoms with Gasteiger partial charge in [0.2, 0.25) is 0 Å². The fraction of sp³-hybridized carbons (Fsp3) is 0.182. The van der Waals surface area contributed by atoms with Crippen molar-refractivity contribution in [3.8, 4) is 0 Å². The molecule has 0 radical (unpaired) electrons. The molecule has 0 aliphatic heterocycles. The van der Waals surface area contributed by atoms with Crippen LogP contribution in [0.25, 0.3) is 10.8 Å². The average Bonchev–Trinajstić information content (AvgIpc) is 2.71. The van der Waals surface area contributed by atoms with E-state index in [9.17, 15) is 41.0 Å². The zero-order valence-corrected chi connectivity index (χ0v) is 16.1. The Bertz CT molecular complexity index is 1140. The smallest absolute Gasteiger partial charge is 0.416 e. The van der Waals surface area contributed by atoms with Gasteiger partial charge in [-0.15, -0.1) is 0 Å². The van der Waals surface area contributed by atoms with Crippen LogP contribution in [0.15, 0.2) is 60.7 Å². The van der Waals surface area contributed by atoms with Gasteiger partial charge in [-0.05, 0) is 34.5 Å². The highest BCUT2D eigenvalue weighted by atomic mass is 19.4. The summed E-state index contributed by atoms with van der Waals surface area (Å²) >= 11 is 0. The van der Waals surface area contributed by atoms with Gasteiger partial charge in [-0.1, -0.05) is 42.5 Å². The molecule has 0 unspecified atom stereocenters. The summed E-state index contributed by atoms with van der Waals surface area (Å²) in [6.07, 6.45) is -10.5. The molecule has 0 saturated heterocycles. The summed E-state index contributed by atoms with van der Waals surface area (Å²) in [5.41, 5.74) is -3.77. The van der Waals surface area contributed by atoms with Crippen LogP contribution in [0.2, 0.25) is 0 Å². The van der Waals surface area contributed by atoms with Crippen LogP contribution in [0, 0.1) is 0 Å². The molecule has 168 valence electrons. The molecule has 0 bridgehead atoms. The monoisotopic (exact) mass is 455 g/mol. The molecule has 3 rings (SSSR count). The Hall–Kier alpha value is -3.56. The largest absolute Gasteiger partial charge is 0.480 e. The van der Waals surface area contributed by atoms with Crippen molar-refractivity contribution < 1.29 is 41.0 Å². The van der Waals surface area contributed by atoms with E-state index in [4.69, 9.17) is 0 Å². The molecule has 1 amide bonds. The van der Waals surface area contributed by atoms with E-state index in [1.165, 1.54) is 0 Å². The predicted molar refractivity (Wildman–Crippen MR) is 103 cm³/mol. The molecule has 3 aromatic rings. The highest BCUT2D eigenvalue weighted by molar-refractivity contribution is 5.97. The van der Waals surface area contributed by atoms with Crippen LogP contribution in [0.5, 0.6) is 0 Å². The normalized spacial score (nSPS) is 13.1. The van der Waals surface area contributed by atoms with Crippen LogP contribution in [0.3, 0.4) is 0 Å². The Morgan fingerprint density at radius 2 is 1.38 bits per heavy atom. The number of benzene rings is 3. The lowest BCUT2D eigenvalue weighted by atomic mass is 10.0. The highest BCUT2D eigenvalue weighted by Gasteiger charge is 2.37. The van der Waals surface area contributed by atoms with E-state index in [2.05, 4.69) is 0 Å². The standard InChI is InChI=1S/C22H15F6NO3/c23-21(24,25)16-9-15(10-17(11-16)22(26,27)28)19(30)29-18(20(31)32)8-12-5-6-13-3-1-2-4-14(13)7-12/h1-7,9-11,18H,8H2,(H,29,30)(H,31,32)/t18-/m1/s1.